The van der Waals surface area contributed by atoms with E-state index in [4.69, 9.17) is 0 Å². The zero-order chi connectivity index (χ0) is 21.5. The van der Waals surface area contributed by atoms with Crippen LogP contribution in [0.2, 0.25) is 0 Å². The Balaban J connectivity index is 1.61. The van der Waals surface area contributed by atoms with Crippen molar-refractivity contribution in [3.63, 3.8) is 0 Å². The Labute approximate surface area is 188 Å². The number of para-hydroxylation sites is 3. The van der Waals surface area contributed by atoms with E-state index in [2.05, 4.69) is 118 Å². The molecule has 0 saturated carbocycles. The number of nitrogens with zero attached hydrogens (tertiary/aromatic N) is 1. The second-order valence-electron chi connectivity index (χ2n) is 8.84. The molecule has 0 saturated heterocycles. The van der Waals surface area contributed by atoms with Crippen molar-refractivity contribution in [2.24, 2.45) is 0 Å². The van der Waals surface area contributed by atoms with Crippen LogP contribution >= 0.6 is 0 Å². The summed E-state index contributed by atoms with van der Waals surface area (Å²) in [6, 6.07) is 37.1. The first-order chi connectivity index (χ1) is 16.3. The fourth-order valence-electron chi connectivity index (χ4n) is 5.56. The first-order valence-electron chi connectivity index (χ1n) is 11.3. The molecule has 3 heterocycles. The quantitative estimate of drug-likeness (QED) is 0.269. The summed E-state index contributed by atoms with van der Waals surface area (Å²) >= 11 is 0. The third-order valence-corrected chi connectivity index (χ3v) is 7.03. The van der Waals surface area contributed by atoms with Crippen LogP contribution in [0, 0.1) is 0 Å². The zero-order valence-electron chi connectivity index (χ0n) is 17.8. The van der Waals surface area contributed by atoms with Gasteiger partial charge in [-0.3, -0.25) is 0 Å². The zero-order valence-corrected chi connectivity index (χ0v) is 17.8. The molecule has 2 N–H and O–H groups in total. The molecule has 0 fully saturated rings. The normalized spacial score (nSPS) is 12.2. The lowest BCUT2D eigenvalue weighted by Crippen LogP contribution is -1.93. The van der Waals surface area contributed by atoms with Gasteiger partial charge in [0.05, 0.1) is 11.0 Å². The minimum atomic E-state index is 1.17. The van der Waals surface area contributed by atoms with E-state index in [0.717, 1.165) is 0 Å². The number of hydrogen-bond acceptors (Lipinski definition) is 0. The summed E-state index contributed by atoms with van der Waals surface area (Å²) < 4.78 is 2.41. The standard InChI is InChI=1S/C30H19N3/c1-2-8-18(9-3-1)33-29-16-21-19-10-4-6-12-25(19)31-27(21)14-23(29)24-15-28-22(17-30(24)33)20-11-5-7-13-26(20)32-28/h1-17,31-32H. The molecule has 3 aromatic heterocycles. The number of H-pyrrole nitrogens is 2. The molecule has 0 atom stereocenters. The average molecular weight is 422 g/mol. The SMILES string of the molecule is c1ccc(-n2c3cc4c(cc3c3cc5[nH]c6ccccc6c5cc32)[nH]c2ccccc24)cc1. The molecule has 33 heavy (non-hydrogen) atoms. The van der Waals surface area contributed by atoms with Gasteiger partial charge < -0.3 is 14.5 Å². The number of aromatic amines is 2. The molecular weight excluding hydrogens is 402 g/mol. The van der Waals surface area contributed by atoms with Crippen LogP contribution in [-0.4, -0.2) is 14.5 Å². The van der Waals surface area contributed by atoms with Crippen molar-refractivity contribution in [3.8, 4) is 5.69 Å². The summed E-state index contributed by atoms with van der Waals surface area (Å²) in [7, 11) is 0. The highest BCUT2D eigenvalue weighted by Gasteiger charge is 2.17. The van der Waals surface area contributed by atoms with Gasteiger partial charge in [0.1, 0.15) is 0 Å². The summed E-state index contributed by atoms with van der Waals surface area (Å²) in [6.45, 7) is 0. The minimum Gasteiger partial charge on any atom is -0.354 e. The van der Waals surface area contributed by atoms with Crippen molar-refractivity contribution in [3.05, 3.63) is 103 Å². The molecule has 0 radical (unpaired) electrons. The first-order valence-corrected chi connectivity index (χ1v) is 11.3. The Bertz CT molecular complexity index is 1890. The van der Waals surface area contributed by atoms with E-state index in [1.54, 1.807) is 0 Å². The van der Waals surface area contributed by atoms with Crippen LogP contribution in [-0.2, 0) is 0 Å². The molecule has 0 aliphatic rings. The summed E-state index contributed by atoms with van der Waals surface area (Å²) in [5.74, 6) is 0. The molecular formula is C30H19N3. The van der Waals surface area contributed by atoms with Crippen LogP contribution < -0.4 is 0 Å². The maximum atomic E-state index is 3.63. The Morgan fingerprint density at radius 3 is 1.42 bits per heavy atom. The van der Waals surface area contributed by atoms with E-state index in [-0.39, 0.29) is 0 Å². The Kier molecular flexibility index (Phi) is 3.14. The predicted octanol–water partition coefficient (Wildman–Crippen LogP) is 8.05. The molecule has 0 unspecified atom stereocenters. The van der Waals surface area contributed by atoms with Crippen LogP contribution in [0.15, 0.2) is 103 Å². The van der Waals surface area contributed by atoms with Crippen LogP contribution in [0.1, 0.15) is 0 Å². The monoisotopic (exact) mass is 421 g/mol. The van der Waals surface area contributed by atoms with E-state index in [0.29, 0.717) is 0 Å². The highest BCUT2D eigenvalue weighted by atomic mass is 15.0. The van der Waals surface area contributed by atoms with E-state index in [1.165, 1.54) is 71.1 Å². The number of rotatable bonds is 1. The molecule has 3 heteroatoms. The van der Waals surface area contributed by atoms with Crippen molar-refractivity contribution in [2.75, 3.05) is 0 Å². The predicted molar refractivity (Wildman–Crippen MR) is 140 cm³/mol. The maximum absolute atomic E-state index is 3.63. The van der Waals surface area contributed by atoms with Crippen molar-refractivity contribution in [1.29, 1.82) is 0 Å². The third kappa shape index (κ3) is 2.23. The van der Waals surface area contributed by atoms with Gasteiger partial charge in [-0.25, -0.2) is 0 Å². The Morgan fingerprint density at radius 2 is 0.879 bits per heavy atom. The minimum absolute atomic E-state index is 1.17. The highest BCUT2D eigenvalue weighted by molar-refractivity contribution is 6.21. The maximum Gasteiger partial charge on any atom is 0.0548 e. The summed E-state index contributed by atoms with van der Waals surface area (Å²) in [6.07, 6.45) is 0. The number of fused-ring (bicyclic) bond motifs is 9. The van der Waals surface area contributed by atoms with Crippen LogP contribution in [0.5, 0.6) is 0 Å². The Morgan fingerprint density at radius 1 is 0.394 bits per heavy atom. The largest absolute Gasteiger partial charge is 0.354 e. The molecule has 8 aromatic rings. The summed E-state index contributed by atoms with van der Waals surface area (Å²) in [5.41, 5.74) is 8.33. The van der Waals surface area contributed by atoms with Crippen LogP contribution in [0.4, 0.5) is 0 Å². The lowest BCUT2D eigenvalue weighted by atomic mass is 10.1. The molecule has 0 amide bonds. The van der Waals surface area contributed by atoms with Gasteiger partial charge in [-0.15, -0.1) is 0 Å². The fraction of sp³-hybridized carbons (Fsp3) is 0. The van der Waals surface area contributed by atoms with E-state index >= 15 is 0 Å². The van der Waals surface area contributed by atoms with Gasteiger partial charge in [0, 0.05) is 60.1 Å². The molecule has 0 spiro atoms. The van der Waals surface area contributed by atoms with Crippen molar-refractivity contribution < 1.29 is 0 Å². The second kappa shape index (κ2) is 6.05. The van der Waals surface area contributed by atoms with Crippen LogP contribution in [0.25, 0.3) is 71.1 Å². The summed E-state index contributed by atoms with van der Waals surface area (Å²) in [5, 5.41) is 7.56. The molecule has 5 aromatic carbocycles. The highest BCUT2D eigenvalue weighted by Crippen LogP contribution is 2.39. The van der Waals surface area contributed by atoms with E-state index in [9.17, 15) is 0 Å². The number of benzene rings is 5. The summed E-state index contributed by atoms with van der Waals surface area (Å²) in [4.78, 5) is 7.25. The van der Waals surface area contributed by atoms with Gasteiger partial charge in [0.25, 0.3) is 0 Å². The number of nitrogens with one attached hydrogen (secondary N) is 2. The molecule has 154 valence electrons. The molecule has 3 nitrogen and oxygen atoms in total. The van der Waals surface area contributed by atoms with Gasteiger partial charge in [0.2, 0.25) is 0 Å². The van der Waals surface area contributed by atoms with Crippen LogP contribution in [0.3, 0.4) is 0 Å². The van der Waals surface area contributed by atoms with Crippen molar-refractivity contribution >= 4 is 65.4 Å². The smallest absolute Gasteiger partial charge is 0.0548 e. The van der Waals surface area contributed by atoms with Gasteiger partial charge in [-0.1, -0.05) is 54.6 Å². The third-order valence-electron chi connectivity index (χ3n) is 7.03. The molecule has 0 bridgehead atoms. The van der Waals surface area contributed by atoms with Crippen molar-refractivity contribution in [2.45, 2.75) is 0 Å². The average Bonchev–Trinajstić information content (AvgIpc) is 3.50. The molecule has 8 rings (SSSR count). The number of hydrogen-bond donors (Lipinski definition) is 2. The lowest BCUT2D eigenvalue weighted by Gasteiger charge is -2.08. The Hall–Kier alpha value is -4.50. The van der Waals surface area contributed by atoms with Gasteiger partial charge in [-0.2, -0.15) is 0 Å². The van der Waals surface area contributed by atoms with E-state index in [1.807, 2.05) is 0 Å². The van der Waals surface area contributed by atoms with Crippen molar-refractivity contribution in [1.82, 2.24) is 14.5 Å². The second-order valence-corrected chi connectivity index (χ2v) is 8.84. The lowest BCUT2D eigenvalue weighted by molar-refractivity contribution is 1.18. The van der Waals surface area contributed by atoms with Gasteiger partial charge in [-0.05, 0) is 48.5 Å². The fourth-order valence-corrected chi connectivity index (χ4v) is 5.56. The first kappa shape index (κ1) is 17.1. The molecule has 0 aliphatic carbocycles. The molecule has 0 aliphatic heterocycles. The number of aromatic nitrogens is 3. The van der Waals surface area contributed by atoms with Gasteiger partial charge in [0.15, 0.2) is 0 Å². The topological polar surface area (TPSA) is 36.5 Å². The van der Waals surface area contributed by atoms with Gasteiger partial charge >= 0.3 is 0 Å². The van der Waals surface area contributed by atoms with E-state index < -0.39 is 0 Å².